The average Bonchev–Trinajstić information content (AvgIpc) is 2.80. The van der Waals surface area contributed by atoms with E-state index in [0.717, 1.165) is 24.6 Å². The van der Waals surface area contributed by atoms with Crippen molar-refractivity contribution >= 4 is 0 Å². The summed E-state index contributed by atoms with van der Waals surface area (Å²) in [5.41, 5.74) is 2.52. The molecule has 0 bridgehead atoms. The van der Waals surface area contributed by atoms with E-state index >= 15 is 0 Å². The van der Waals surface area contributed by atoms with E-state index in [1.165, 1.54) is 11.1 Å². The van der Waals surface area contributed by atoms with Gasteiger partial charge in [0.2, 0.25) is 0 Å². The van der Waals surface area contributed by atoms with E-state index in [9.17, 15) is 5.11 Å². The van der Waals surface area contributed by atoms with E-state index < -0.39 is 6.10 Å². The molecule has 4 nitrogen and oxygen atoms in total. The van der Waals surface area contributed by atoms with Crippen LogP contribution < -0.4 is 14.8 Å². The Kier molecular flexibility index (Phi) is 3.21. The zero-order chi connectivity index (χ0) is 13.4. The molecule has 3 atom stereocenters. The van der Waals surface area contributed by atoms with Gasteiger partial charge in [-0.05, 0) is 11.6 Å². The molecule has 0 aliphatic carbocycles. The average molecular weight is 261 g/mol. The lowest BCUT2D eigenvalue weighted by Crippen LogP contribution is -2.34. The molecule has 0 aromatic heterocycles. The van der Waals surface area contributed by atoms with Crippen LogP contribution in [0.4, 0.5) is 0 Å². The van der Waals surface area contributed by atoms with Gasteiger partial charge in [-0.3, -0.25) is 0 Å². The summed E-state index contributed by atoms with van der Waals surface area (Å²) in [4.78, 5) is 0. The Morgan fingerprint density at radius 3 is 3.21 bits per heavy atom. The maximum Gasteiger partial charge on any atom is 0.165 e. The molecule has 0 radical (unpaired) electrons. The molecule has 2 aliphatic heterocycles. The van der Waals surface area contributed by atoms with Gasteiger partial charge in [-0.1, -0.05) is 12.1 Å². The van der Waals surface area contributed by atoms with Crippen molar-refractivity contribution in [2.45, 2.75) is 31.1 Å². The van der Waals surface area contributed by atoms with Crippen LogP contribution in [0.15, 0.2) is 24.8 Å². The molecule has 0 spiro atoms. The van der Waals surface area contributed by atoms with Crippen molar-refractivity contribution in [2.24, 2.45) is 0 Å². The van der Waals surface area contributed by atoms with Gasteiger partial charge in [0.25, 0.3) is 0 Å². The summed E-state index contributed by atoms with van der Waals surface area (Å²) < 4.78 is 11.4. The van der Waals surface area contributed by atoms with Crippen molar-refractivity contribution in [2.75, 3.05) is 13.7 Å². The number of aliphatic hydroxyl groups excluding tert-OH is 1. The molecule has 2 aliphatic rings. The number of ether oxygens (including phenoxy) is 2. The zero-order valence-corrected chi connectivity index (χ0v) is 11.1. The Morgan fingerprint density at radius 2 is 2.47 bits per heavy atom. The Hall–Kier alpha value is -1.52. The summed E-state index contributed by atoms with van der Waals surface area (Å²) in [6.45, 7) is 5.36. The Labute approximate surface area is 113 Å². The quantitative estimate of drug-likeness (QED) is 0.808. The van der Waals surface area contributed by atoms with Crippen LogP contribution >= 0.6 is 0 Å². The van der Waals surface area contributed by atoms with Gasteiger partial charge in [0, 0.05) is 31.0 Å². The van der Waals surface area contributed by atoms with Crippen molar-refractivity contribution in [3.8, 4) is 11.5 Å². The summed E-state index contributed by atoms with van der Waals surface area (Å²) in [5, 5.41) is 13.2. The van der Waals surface area contributed by atoms with Crippen LogP contribution in [0.25, 0.3) is 0 Å². The first-order valence-corrected chi connectivity index (χ1v) is 6.62. The minimum atomic E-state index is -0.532. The molecular weight excluding hydrogens is 242 g/mol. The van der Waals surface area contributed by atoms with Crippen LogP contribution in [-0.2, 0) is 6.54 Å². The van der Waals surface area contributed by atoms with Crippen molar-refractivity contribution in [1.82, 2.24) is 5.32 Å². The van der Waals surface area contributed by atoms with Crippen LogP contribution in [-0.4, -0.2) is 31.0 Å². The van der Waals surface area contributed by atoms with Gasteiger partial charge in [-0.2, -0.15) is 0 Å². The minimum Gasteiger partial charge on any atom is -0.493 e. The van der Waals surface area contributed by atoms with Crippen LogP contribution in [0, 0.1) is 0 Å². The smallest absolute Gasteiger partial charge is 0.165 e. The lowest BCUT2D eigenvalue weighted by Gasteiger charge is -2.25. The maximum atomic E-state index is 9.77. The molecule has 2 unspecified atom stereocenters. The van der Waals surface area contributed by atoms with Gasteiger partial charge in [-0.15, -0.1) is 6.58 Å². The lowest BCUT2D eigenvalue weighted by molar-refractivity contribution is 0.118. The summed E-state index contributed by atoms with van der Waals surface area (Å²) >= 11 is 0. The molecule has 2 heterocycles. The van der Waals surface area contributed by atoms with Crippen molar-refractivity contribution in [3.05, 3.63) is 35.9 Å². The fourth-order valence-corrected chi connectivity index (χ4v) is 3.03. The first-order valence-electron chi connectivity index (χ1n) is 6.62. The third-order valence-corrected chi connectivity index (χ3v) is 3.98. The normalized spacial score (nSPS) is 25.4. The number of benzene rings is 1. The fourth-order valence-electron chi connectivity index (χ4n) is 3.03. The molecular formula is C15H19NO3. The molecule has 3 rings (SSSR count). The van der Waals surface area contributed by atoms with Crippen molar-refractivity contribution in [1.29, 1.82) is 0 Å². The molecule has 1 aromatic rings. The predicted molar refractivity (Wildman–Crippen MR) is 72.7 cm³/mol. The van der Waals surface area contributed by atoms with Crippen molar-refractivity contribution in [3.63, 3.8) is 0 Å². The monoisotopic (exact) mass is 261 g/mol. The highest BCUT2D eigenvalue weighted by Crippen LogP contribution is 2.48. The van der Waals surface area contributed by atoms with Gasteiger partial charge in [0.15, 0.2) is 11.5 Å². The Morgan fingerprint density at radius 1 is 1.63 bits per heavy atom. The molecule has 0 fully saturated rings. The van der Waals surface area contributed by atoms with E-state index in [1.54, 1.807) is 13.2 Å². The highest BCUT2D eigenvalue weighted by molar-refractivity contribution is 5.56. The number of hydrogen-bond donors (Lipinski definition) is 2. The molecule has 0 saturated carbocycles. The van der Waals surface area contributed by atoms with Crippen molar-refractivity contribution < 1.29 is 14.6 Å². The first-order chi connectivity index (χ1) is 9.24. The number of nitrogens with one attached hydrogen (secondary N) is 1. The first kappa shape index (κ1) is 12.5. The number of rotatable bonds is 4. The molecule has 0 amide bonds. The Bertz CT molecular complexity index is 500. The zero-order valence-electron chi connectivity index (χ0n) is 11.1. The molecule has 2 N–H and O–H groups in total. The van der Waals surface area contributed by atoms with Gasteiger partial charge in [0.1, 0.15) is 6.10 Å². The van der Waals surface area contributed by atoms with Crippen LogP contribution in [0.3, 0.4) is 0 Å². The maximum absolute atomic E-state index is 9.77. The molecule has 4 heteroatoms. The predicted octanol–water partition coefficient (Wildman–Crippen LogP) is 1.58. The molecule has 0 saturated heterocycles. The summed E-state index contributed by atoms with van der Waals surface area (Å²) in [6.07, 6.45) is 1.56. The fraction of sp³-hybridized carbons (Fsp3) is 0.467. The number of methoxy groups -OCH3 is 1. The second kappa shape index (κ2) is 4.87. The van der Waals surface area contributed by atoms with E-state index in [-0.39, 0.29) is 12.0 Å². The van der Waals surface area contributed by atoms with Gasteiger partial charge in [0.05, 0.1) is 13.2 Å². The second-order valence-corrected chi connectivity index (χ2v) is 5.10. The lowest BCUT2D eigenvalue weighted by atomic mass is 9.86. The molecule has 102 valence electrons. The summed E-state index contributed by atoms with van der Waals surface area (Å²) in [6, 6.07) is 4.04. The largest absolute Gasteiger partial charge is 0.493 e. The standard InChI is InChI=1S/C15H19NO3/c1-3-10(17)6-13-11-8-16-7-9-4-5-12(18-2)15(19-13)14(9)11/h3-5,10-11,13,16-17H,1,6-8H2,2H3/t10-,11?,13?/m0/s1. The molecule has 1 aromatic carbocycles. The third-order valence-electron chi connectivity index (χ3n) is 3.98. The number of aliphatic hydroxyl groups is 1. The van der Waals surface area contributed by atoms with Crippen LogP contribution in [0.1, 0.15) is 23.5 Å². The van der Waals surface area contributed by atoms with E-state index in [1.807, 2.05) is 6.07 Å². The van der Waals surface area contributed by atoms with Gasteiger partial charge < -0.3 is 19.9 Å². The highest BCUT2D eigenvalue weighted by atomic mass is 16.5. The molecule has 19 heavy (non-hydrogen) atoms. The SMILES string of the molecule is C=C[C@H](O)CC1Oc2c(OC)ccc3c2C1CNC3. The minimum absolute atomic E-state index is 0.0224. The van der Waals surface area contributed by atoms with Gasteiger partial charge in [-0.25, -0.2) is 0 Å². The third kappa shape index (κ3) is 2.01. The van der Waals surface area contributed by atoms with E-state index in [0.29, 0.717) is 6.42 Å². The summed E-state index contributed by atoms with van der Waals surface area (Å²) in [5.74, 6) is 1.91. The number of hydrogen-bond acceptors (Lipinski definition) is 4. The summed E-state index contributed by atoms with van der Waals surface area (Å²) in [7, 11) is 1.66. The second-order valence-electron chi connectivity index (χ2n) is 5.10. The van der Waals surface area contributed by atoms with E-state index in [2.05, 4.69) is 18.0 Å². The topological polar surface area (TPSA) is 50.7 Å². The van der Waals surface area contributed by atoms with E-state index in [4.69, 9.17) is 9.47 Å². The Balaban J connectivity index is 1.96. The van der Waals surface area contributed by atoms with Gasteiger partial charge >= 0.3 is 0 Å². The van der Waals surface area contributed by atoms with Crippen LogP contribution in [0.5, 0.6) is 11.5 Å². The van der Waals surface area contributed by atoms with Crippen LogP contribution in [0.2, 0.25) is 0 Å². The highest BCUT2D eigenvalue weighted by Gasteiger charge is 2.40.